The van der Waals surface area contributed by atoms with E-state index in [1.165, 1.54) is 18.2 Å². The summed E-state index contributed by atoms with van der Waals surface area (Å²) in [7, 11) is 0. The molecule has 0 saturated carbocycles. The molecular formula is C15H8Cl2O3. The Kier molecular flexibility index (Phi) is 3.16. The van der Waals surface area contributed by atoms with E-state index in [-0.39, 0.29) is 27.5 Å². The molecule has 5 heteroatoms. The van der Waals surface area contributed by atoms with Gasteiger partial charge in [0, 0.05) is 11.1 Å². The average Bonchev–Trinajstić information content (AvgIpc) is 2.40. The molecule has 2 aromatic carbocycles. The van der Waals surface area contributed by atoms with Crippen LogP contribution in [0, 0.1) is 0 Å². The van der Waals surface area contributed by atoms with Crippen LogP contribution < -0.4 is 5.43 Å². The molecule has 0 aliphatic rings. The van der Waals surface area contributed by atoms with Crippen LogP contribution in [-0.4, -0.2) is 5.11 Å². The van der Waals surface area contributed by atoms with Crippen molar-refractivity contribution in [2.45, 2.75) is 0 Å². The van der Waals surface area contributed by atoms with Gasteiger partial charge < -0.3 is 9.52 Å². The number of phenolic OH excluding ortho intramolecular Hbond substituents is 1. The van der Waals surface area contributed by atoms with E-state index in [4.69, 9.17) is 27.6 Å². The fourth-order valence-electron chi connectivity index (χ4n) is 2.02. The van der Waals surface area contributed by atoms with Gasteiger partial charge in [0.15, 0.2) is 0 Å². The highest BCUT2D eigenvalue weighted by molar-refractivity contribution is 6.32. The summed E-state index contributed by atoms with van der Waals surface area (Å²) < 4.78 is 5.41. The highest BCUT2D eigenvalue weighted by atomic mass is 35.5. The quantitative estimate of drug-likeness (QED) is 0.721. The molecular weight excluding hydrogens is 299 g/mol. The first-order valence-corrected chi connectivity index (χ1v) is 6.53. The molecule has 20 heavy (non-hydrogen) atoms. The monoisotopic (exact) mass is 306 g/mol. The van der Waals surface area contributed by atoms with Crippen LogP contribution >= 0.6 is 23.2 Å². The predicted octanol–water partition coefficient (Wildman–Crippen LogP) is 4.47. The van der Waals surface area contributed by atoms with E-state index in [1.54, 1.807) is 24.3 Å². The normalized spacial score (nSPS) is 10.9. The zero-order chi connectivity index (χ0) is 14.3. The molecule has 1 aromatic heterocycles. The minimum atomic E-state index is -0.251. The number of fused-ring (bicyclic) bond motifs is 1. The smallest absolute Gasteiger partial charge is 0.205 e. The molecule has 3 rings (SSSR count). The molecule has 1 heterocycles. The highest BCUT2D eigenvalue weighted by Crippen LogP contribution is 2.30. The van der Waals surface area contributed by atoms with Crippen molar-refractivity contribution >= 4 is 34.2 Å². The van der Waals surface area contributed by atoms with Gasteiger partial charge in [-0.2, -0.15) is 0 Å². The summed E-state index contributed by atoms with van der Waals surface area (Å²) in [5, 5.41) is 10.3. The highest BCUT2D eigenvalue weighted by Gasteiger charge is 2.15. The number of hydrogen-bond acceptors (Lipinski definition) is 3. The van der Waals surface area contributed by atoms with Gasteiger partial charge in [-0.3, -0.25) is 4.79 Å². The third-order valence-electron chi connectivity index (χ3n) is 2.97. The second-order valence-electron chi connectivity index (χ2n) is 4.27. The largest absolute Gasteiger partial charge is 0.508 e. The Hall–Kier alpha value is -1.97. The molecule has 0 fully saturated rings. The second-order valence-corrected chi connectivity index (χ2v) is 5.05. The maximum absolute atomic E-state index is 12.5. The van der Waals surface area contributed by atoms with E-state index in [2.05, 4.69) is 0 Å². The van der Waals surface area contributed by atoms with Crippen molar-refractivity contribution in [3.63, 3.8) is 0 Å². The van der Waals surface area contributed by atoms with Crippen LogP contribution in [0.25, 0.3) is 22.1 Å². The lowest BCUT2D eigenvalue weighted by atomic mass is 10.1. The molecule has 0 radical (unpaired) electrons. The number of benzene rings is 2. The molecule has 1 N–H and O–H groups in total. The maximum Gasteiger partial charge on any atom is 0.205 e. The molecule has 0 bridgehead atoms. The molecule has 3 aromatic rings. The first-order valence-electron chi connectivity index (χ1n) is 5.77. The fourth-order valence-corrected chi connectivity index (χ4v) is 2.42. The summed E-state index contributed by atoms with van der Waals surface area (Å²) in [5.74, 6) is 0.0101. The van der Waals surface area contributed by atoms with Gasteiger partial charge >= 0.3 is 0 Å². The summed E-state index contributed by atoms with van der Waals surface area (Å²) >= 11 is 11.9. The molecule has 0 amide bonds. The molecule has 0 spiro atoms. The topological polar surface area (TPSA) is 50.4 Å². The van der Waals surface area contributed by atoms with Crippen molar-refractivity contribution in [3.8, 4) is 16.9 Å². The molecule has 0 saturated heterocycles. The average molecular weight is 307 g/mol. The summed E-state index contributed by atoms with van der Waals surface area (Å²) in [6.07, 6.45) is 0. The van der Waals surface area contributed by atoms with Gasteiger partial charge in [0.25, 0.3) is 0 Å². The van der Waals surface area contributed by atoms with Crippen LogP contribution in [0.2, 0.25) is 10.2 Å². The van der Waals surface area contributed by atoms with Crippen LogP contribution in [0.3, 0.4) is 0 Å². The van der Waals surface area contributed by atoms with Crippen LogP contribution in [0.15, 0.2) is 51.7 Å². The van der Waals surface area contributed by atoms with Gasteiger partial charge in [0.05, 0.1) is 10.9 Å². The van der Waals surface area contributed by atoms with E-state index in [1.807, 2.05) is 0 Å². The van der Waals surface area contributed by atoms with Gasteiger partial charge in [0.1, 0.15) is 11.3 Å². The van der Waals surface area contributed by atoms with E-state index in [0.717, 1.165) is 0 Å². The lowest BCUT2D eigenvalue weighted by molar-refractivity contribution is 0.474. The van der Waals surface area contributed by atoms with Crippen LogP contribution in [0.1, 0.15) is 0 Å². The molecule has 100 valence electrons. The van der Waals surface area contributed by atoms with E-state index in [9.17, 15) is 9.90 Å². The van der Waals surface area contributed by atoms with Crippen LogP contribution in [0.5, 0.6) is 5.75 Å². The number of phenols is 1. The molecule has 0 aliphatic heterocycles. The number of hydrogen-bond donors (Lipinski definition) is 1. The number of rotatable bonds is 1. The van der Waals surface area contributed by atoms with Crippen LogP contribution in [0.4, 0.5) is 0 Å². The van der Waals surface area contributed by atoms with Crippen molar-refractivity contribution in [2.24, 2.45) is 0 Å². The van der Waals surface area contributed by atoms with Gasteiger partial charge in [-0.1, -0.05) is 23.7 Å². The summed E-state index contributed by atoms with van der Waals surface area (Å²) in [6.45, 7) is 0. The van der Waals surface area contributed by atoms with Gasteiger partial charge in [0.2, 0.25) is 10.6 Å². The minimum absolute atomic E-state index is 0.0101. The Morgan fingerprint density at radius 1 is 1.00 bits per heavy atom. The zero-order valence-electron chi connectivity index (χ0n) is 10.1. The first-order chi connectivity index (χ1) is 9.56. The number of aromatic hydroxyl groups is 1. The predicted molar refractivity (Wildman–Crippen MR) is 79.6 cm³/mol. The second kappa shape index (κ2) is 4.85. The Morgan fingerprint density at radius 3 is 2.40 bits per heavy atom. The Balaban J connectivity index is 2.34. The van der Waals surface area contributed by atoms with Crippen molar-refractivity contribution < 1.29 is 9.52 Å². The summed E-state index contributed by atoms with van der Waals surface area (Å²) in [4.78, 5) is 12.5. The van der Waals surface area contributed by atoms with E-state index >= 15 is 0 Å². The molecule has 0 atom stereocenters. The number of halogens is 2. The standard InChI is InChI=1S/C15H8Cl2O3/c16-9-3-1-8(2-4-9)13-14(19)11-6-5-10(18)7-12(11)20-15(13)17/h1-7,18H. The van der Waals surface area contributed by atoms with Crippen molar-refractivity contribution in [1.82, 2.24) is 0 Å². The third-order valence-corrected chi connectivity index (χ3v) is 3.48. The lowest BCUT2D eigenvalue weighted by Gasteiger charge is -2.06. The molecule has 0 aliphatic carbocycles. The molecule has 3 nitrogen and oxygen atoms in total. The SMILES string of the molecule is O=c1c(-c2ccc(Cl)cc2)c(Cl)oc2cc(O)ccc12. The minimum Gasteiger partial charge on any atom is -0.508 e. The fraction of sp³-hybridized carbons (Fsp3) is 0. The Bertz CT molecular complexity index is 851. The van der Waals surface area contributed by atoms with Gasteiger partial charge in [-0.25, -0.2) is 0 Å². The molecule has 0 unspecified atom stereocenters. The van der Waals surface area contributed by atoms with E-state index < -0.39 is 0 Å². The first kappa shape index (κ1) is 13.0. The summed E-state index contributed by atoms with van der Waals surface area (Å²) in [6, 6.07) is 11.0. The Morgan fingerprint density at radius 2 is 1.70 bits per heavy atom. The maximum atomic E-state index is 12.5. The zero-order valence-corrected chi connectivity index (χ0v) is 11.6. The third kappa shape index (κ3) is 2.15. The summed E-state index contributed by atoms with van der Waals surface area (Å²) in [5.41, 5.74) is 0.904. The lowest BCUT2D eigenvalue weighted by Crippen LogP contribution is -2.05. The Labute approximate surface area is 124 Å². The van der Waals surface area contributed by atoms with Crippen LogP contribution in [-0.2, 0) is 0 Å². The van der Waals surface area contributed by atoms with Crippen molar-refractivity contribution in [2.75, 3.05) is 0 Å². The van der Waals surface area contributed by atoms with Gasteiger partial charge in [-0.05, 0) is 41.4 Å². The van der Waals surface area contributed by atoms with E-state index in [0.29, 0.717) is 16.0 Å². The van der Waals surface area contributed by atoms with Crippen molar-refractivity contribution in [1.29, 1.82) is 0 Å². The van der Waals surface area contributed by atoms with Gasteiger partial charge in [-0.15, -0.1) is 0 Å². The van der Waals surface area contributed by atoms with Crippen molar-refractivity contribution in [3.05, 3.63) is 62.9 Å².